The van der Waals surface area contributed by atoms with Crippen molar-refractivity contribution in [3.8, 4) is 28.7 Å². The number of para-hydroxylation sites is 1. The first-order chi connectivity index (χ1) is 12.6. The normalized spacial score (nSPS) is 10.0. The van der Waals surface area contributed by atoms with Gasteiger partial charge in [-0.1, -0.05) is 12.1 Å². The number of hydrogen-bond acceptors (Lipinski definition) is 6. The highest BCUT2D eigenvalue weighted by atomic mass is 16.5. The lowest BCUT2D eigenvalue weighted by Gasteiger charge is -2.15. The maximum Gasteiger partial charge on any atom is 0.251 e. The van der Waals surface area contributed by atoms with Crippen molar-refractivity contribution in [2.75, 3.05) is 35.5 Å². The van der Waals surface area contributed by atoms with Crippen LogP contribution in [0, 0.1) is 0 Å². The Hall–Kier alpha value is -3.09. The van der Waals surface area contributed by atoms with Crippen LogP contribution in [0.2, 0.25) is 0 Å². The van der Waals surface area contributed by atoms with E-state index in [0.29, 0.717) is 34.3 Å². The van der Waals surface area contributed by atoms with Crippen LogP contribution in [0.1, 0.15) is 15.9 Å². The Labute approximate surface area is 152 Å². The average molecular weight is 361 g/mol. The van der Waals surface area contributed by atoms with Gasteiger partial charge in [-0.25, -0.2) is 0 Å². The monoisotopic (exact) mass is 361 g/mol. The Balaban J connectivity index is 2.23. The Kier molecular flexibility index (Phi) is 6.54. The van der Waals surface area contributed by atoms with E-state index in [0.717, 1.165) is 5.56 Å². The first kappa shape index (κ1) is 19.2. The first-order valence-corrected chi connectivity index (χ1v) is 7.87. The van der Waals surface area contributed by atoms with Crippen LogP contribution in [0.5, 0.6) is 28.7 Å². The maximum absolute atomic E-state index is 12.6. The second-order valence-electron chi connectivity index (χ2n) is 5.25. The summed E-state index contributed by atoms with van der Waals surface area (Å²) in [4.78, 5) is 12.6. The molecule has 2 rings (SSSR count). The summed E-state index contributed by atoms with van der Waals surface area (Å²) in [6.07, 6.45) is 0. The zero-order valence-electron chi connectivity index (χ0n) is 15.5. The van der Waals surface area contributed by atoms with Crippen LogP contribution in [0.4, 0.5) is 0 Å². The zero-order chi connectivity index (χ0) is 19.1. The largest absolute Gasteiger partial charge is 0.493 e. The molecular formula is C19H23NO6. The van der Waals surface area contributed by atoms with E-state index in [1.807, 2.05) is 12.1 Å². The van der Waals surface area contributed by atoms with Crippen molar-refractivity contribution in [2.45, 2.75) is 6.54 Å². The molecule has 0 spiro atoms. The predicted molar refractivity (Wildman–Crippen MR) is 96.8 cm³/mol. The van der Waals surface area contributed by atoms with Gasteiger partial charge in [-0.05, 0) is 18.2 Å². The van der Waals surface area contributed by atoms with Crippen LogP contribution in [0.15, 0.2) is 30.3 Å². The minimum atomic E-state index is -0.283. The molecular weight excluding hydrogens is 338 g/mol. The summed E-state index contributed by atoms with van der Waals surface area (Å²) >= 11 is 0. The molecule has 7 nitrogen and oxygen atoms in total. The zero-order valence-corrected chi connectivity index (χ0v) is 15.5. The number of rotatable bonds is 8. The molecule has 140 valence electrons. The van der Waals surface area contributed by atoms with Gasteiger partial charge in [0.2, 0.25) is 5.75 Å². The van der Waals surface area contributed by atoms with E-state index in [1.165, 1.54) is 21.3 Å². The molecule has 0 aromatic heterocycles. The number of hydrogen-bond donors (Lipinski definition) is 1. The molecule has 1 N–H and O–H groups in total. The van der Waals surface area contributed by atoms with Crippen molar-refractivity contribution in [1.29, 1.82) is 0 Å². The fourth-order valence-corrected chi connectivity index (χ4v) is 2.58. The lowest BCUT2D eigenvalue weighted by Crippen LogP contribution is -2.23. The Morgan fingerprint density at radius 2 is 1.38 bits per heavy atom. The fourth-order valence-electron chi connectivity index (χ4n) is 2.58. The number of benzene rings is 2. The second kappa shape index (κ2) is 8.84. The van der Waals surface area contributed by atoms with Crippen LogP contribution >= 0.6 is 0 Å². The highest BCUT2D eigenvalue weighted by Crippen LogP contribution is 2.38. The molecule has 0 heterocycles. The molecule has 0 aliphatic rings. The minimum Gasteiger partial charge on any atom is -0.493 e. The number of nitrogens with one attached hydrogen (secondary N) is 1. The molecule has 0 aliphatic carbocycles. The van der Waals surface area contributed by atoms with Gasteiger partial charge in [-0.3, -0.25) is 4.79 Å². The second-order valence-corrected chi connectivity index (χ2v) is 5.25. The van der Waals surface area contributed by atoms with Gasteiger partial charge in [0.05, 0.1) is 35.5 Å². The molecule has 1 amide bonds. The number of carbonyl (C=O) groups excluding carboxylic acids is 1. The first-order valence-electron chi connectivity index (χ1n) is 7.87. The van der Waals surface area contributed by atoms with E-state index in [1.54, 1.807) is 32.4 Å². The van der Waals surface area contributed by atoms with Crippen molar-refractivity contribution in [1.82, 2.24) is 5.32 Å². The van der Waals surface area contributed by atoms with E-state index < -0.39 is 0 Å². The molecule has 2 aromatic rings. The van der Waals surface area contributed by atoms with Crippen LogP contribution in [0.3, 0.4) is 0 Å². The summed E-state index contributed by atoms with van der Waals surface area (Å²) in [5.74, 6) is 2.16. The highest BCUT2D eigenvalue weighted by Gasteiger charge is 2.17. The smallest absolute Gasteiger partial charge is 0.251 e. The molecule has 0 fully saturated rings. The topological polar surface area (TPSA) is 75.3 Å². The van der Waals surface area contributed by atoms with E-state index in [2.05, 4.69) is 5.32 Å². The lowest BCUT2D eigenvalue weighted by atomic mass is 10.1. The third-order valence-electron chi connectivity index (χ3n) is 3.85. The van der Waals surface area contributed by atoms with Gasteiger partial charge < -0.3 is 29.0 Å². The summed E-state index contributed by atoms with van der Waals surface area (Å²) in [7, 11) is 7.63. The predicted octanol–water partition coefficient (Wildman–Crippen LogP) is 2.66. The van der Waals surface area contributed by atoms with Crippen molar-refractivity contribution in [3.63, 3.8) is 0 Å². The van der Waals surface area contributed by atoms with Gasteiger partial charge in [0.25, 0.3) is 5.91 Å². The quantitative estimate of drug-likeness (QED) is 0.779. The number of amides is 1. The Morgan fingerprint density at radius 3 is 1.88 bits per heavy atom. The van der Waals surface area contributed by atoms with E-state index in [9.17, 15) is 4.79 Å². The van der Waals surface area contributed by atoms with Crippen molar-refractivity contribution in [3.05, 3.63) is 41.5 Å². The minimum absolute atomic E-state index is 0.274. The molecule has 0 radical (unpaired) electrons. The third-order valence-corrected chi connectivity index (χ3v) is 3.85. The van der Waals surface area contributed by atoms with Gasteiger partial charge in [0.15, 0.2) is 23.0 Å². The molecule has 7 heteroatoms. The number of ether oxygens (including phenoxy) is 5. The van der Waals surface area contributed by atoms with E-state index >= 15 is 0 Å². The van der Waals surface area contributed by atoms with Gasteiger partial charge in [0, 0.05) is 17.7 Å². The maximum atomic E-state index is 12.6. The molecule has 0 aliphatic heterocycles. The average Bonchev–Trinajstić information content (AvgIpc) is 2.69. The van der Waals surface area contributed by atoms with Gasteiger partial charge in [-0.15, -0.1) is 0 Å². The van der Waals surface area contributed by atoms with Crippen LogP contribution in [0.25, 0.3) is 0 Å². The van der Waals surface area contributed by atoms with Gasteiger partial charge in [0.1, 0.15) is 0 Å². The van der Waals surface area contributed by atoms with Crippen molar-refractivity contribution in [2.24, 2.45) is 0 Å². The Morgan fingerprint density at radius 1 is 0.808 bits per heavy atom. The Bertz CT molecular complexity index is 750. The molecule has 0 bridgehead atoms. The van der Waals surface area contributed by atoms with Crippen LogP contribution in [-0.4, -0.2) is 41.5 Å². The van der Waals surface area contributed by atoms with Crippen LogP contribution in [-0.2, 0) is 6.54 Å². The highest BCUT2D eigenvalue weighted by molar-refractivity contribution is 5.95. The van der Waals surface area contributed by atoms with Gasteiger partial charge in [-0.2, -0.15) is 0 Å². The summed E-state index contributed by atoms with van der Waals surface area (Å²) in [5, 5.41) is 2.85. The fraction of sp³-hybridized carbons (Fsp3) is 0.316. The summed E-state index contributed by atoms with van der Waals surface area (Å²) in [5.41, 5.74) is 1.19. The third kappa shape index (κ3) is 3.93. The standard InChI is InChI=1S/C19H23NO6/c1-22-14-8-6-7-12(17(14)25-4)11-20-19(21)13-9-15(23-2)18(26-5)16(10-13)24-3/h6-10H,11H2,1-5H3,(H,20,21). The summed E-state index contributed by atoms with van der Waals surface area (Å²) in [6.45, 7) is 0.274. The number of carbonyl (C=O) groups is 1. The van der Waals surface area contributed by atoms with E-state index in [-0.39, 0.29) is 12.5 Å². The van der Waals surface area contributed by atoms with Crippen molar-refractivity contribution >= 4 is 5.91 Å². The van der Waals surface area contributed by atoms with Crippen molar-refractivity contribution < 1.29 is 28.5 Å². The molecule has 26 heavy (non-hydrogen) atoms. The molecule has 0 saturated heterocycles. The molecule has 0 unspecified atom stereocenters. The lowest BCUT2D eigenvalue weighted by molar-refractivity contribution is 0.0949. The van der Waals surface area contributed by atoms with Crippen LogP contribution < -0.4 is 29.0 Å². The SMILES string of the molecule is COc1cccc(CNC(=O)c2cc(OC)c(OC)c(OC)c2)c1OC. The van der Waals surface area contributed by atoms with E-state index in [4.69, 9.17) is 23.7 Å². The van der Waals surface area contributed by atoms with Gasteiger partial charge >= 0.3 is 0 Å². The summed E-state index contributed by atoms with van der Waals surface area (Å²) in [6, 6.07) is 8.68. The number of methoxy groups -OCH3 is 5. The summed E-state index contributed by atoms with van der Waals surface area (Å²) < 4.78 is 26.5. The molecule has 0 saturated carbocycles. The molecule has 2 aromatic carbocycles. The molecule has 0 atom stereocenters.